The first-order valence-electron chi connectivity index (χ1n) is 9.78. The van der Waals surface area contributed by atoms with Crippen molar-refractivity contribution >= 4 is 5.91 Å². The van der Waals surface area contributed by atoms with Gasteiger partial charge in [0, 0.05) is 18.3 Å². The number of nitrogens with one attached hydrogen (secondary N) is 1. The molecule has 6 nitrogen and oxygen atoms in total. The maximum atomic E-state index is 12.9. The summed E-state index contributed by atoms with van der Waals surface area (Å²) in [6.45, 7) is 1.13. The topological polar surface area (TPSA) is 73.3 Å². The number of hydrogen-bond donors (Lipinski definition) is 1. The standard InChI is InChI=1S/C21H23N3O3/c25-20(15-12-22-19(23-13-15)14-3-4-14)24-21(7-1-2-8-21)16-5-6-17-18(11-16)27-10-9-26-17/h5-6,11-14H,1-4,7-10H2,(H,24,25). The number of ether oxygens (including phenoxy) is 2. The molecule has 3 aliphatic rings. The number of amides is 1. The maximum Gasteiger partial charge on any atom is 0.255 e. The predicted octanol–water partition coefficient (Wildman–Crippen LogP) is 3.32. The molecule has 2 aliphatic carbocycles. The van der Waals surface area contributed by atoms with Crippen molar-refractivity contribution in [2.24, 2.45) is 0 Å². The minimum absolute atomic E-state index is 0.117. The Kier molecular flexibility index (Phi) is 3.99. The molecule has 1 aliphatic heterocycles. The van der Waals surface area contributed by atoms with Gasteiger partial charge in [-0.25, -0.2) is 9.97 Å². The Bertz CT molecular complexity index is 855. The SMILES string of the molecule is O=C(NC1(c2ccc3c(c2)OCCO3)CCCC1)c1cnc(C2CC2)nc1. The molecule has 0 saturated heterocycles. The van der Waals surface area contributed by atoms with E-state index in [4.69, 9.17) is 9.47 Å². The van der Waals surface area contributed by atoms with Crippen molar-refractivity contribution in [3.8, 4) is 11.5 Å². The van der Waals surface area contributed by atoms with E-state index in [1.807, 2.05) is 18.2 Å². The van der Waals surface area contributed by atoms with Crippen LogP contribution in [0.4, 0.5) is 0 Å². The fraction of sp³-hybridized carbons (Fsp3) is 0.476. The quantitative estimate of drug-likeness (QED) is 0.900. The van der Waals surface area contributed by atoms with Crippen LogP contribution in [0.15, 0.2) is 30.6 Å². The molecule has 1 aromatic heterocycles. The average molecular weight is 365 g/mol. The van der Waals surface area contributed by atoms with Crippen LogP contribution in [0.1, 0.15) is 66.2 Å². The van der Waals surface area contributed by atoms with Gasteiger partial charge in [-0.2, -0.15) is 0 Å². The van der Waals surface area contributed by atoms with E-state index in [-0.39, 0.29) is 11.4 Å². The average Bonchev–Trinajstić information content (AvgIpc) is 3.47. The molecule has 0 radical (unpaired) electrons. The van der Waals surface area contributed by atoms with Crippen LogP contribution in [-0.2, 0) is 5.54 Å². The monoisotopic (exact) mass is 365 g/mol. The number of nitrogens with zero attached hydrogens (tertiary/aromatic N) is 2. The highest BCUT2D eigenvalue weighted by molar-refractivity contribution is 5.94. The Labute approximate surface area is 158 Å². The van der Waals surface area contributed by atoms with Crippen molar-refractivity contribution in [2.45, 2.75) is 50.0 Å². The number of rotatable bonds is 4. The van der Waals surface area contributed by atoms with E-state index in [1.165, 1.54) is 0 Å². The van der Waals surface area contributed by atoms with Gasteiger partial charge in [-0.3, -0.25) is 4.79 Å². The highest BCUT2D eigenvalue weighted by Crippen LogP contribution is 2.42. The van der Waals surface area contributed by atoms with Crippen LogP contribution in [0.3, 0.4) is 0 Å². The zero-order valence-corrected chi connectivity index (χ0v) is 15.2. The zero-order valence-electron chi connectivity index (χ0n) is 15.2. The van der Waals surface area contributed by atoms with Crippen molar-refractivity contribution in [2.75, 3.05) is 13.2 Å². The maximum absolute atomic E-state index is 12.9. The molecule has 5 rings (SSSR count). The van der Waals surface area contributed by atoms with E-state index in [0.29, 0.717) is 24.7 Å². The third kappa shape index (κ3) is 3.13. The van der Waals surface area contributed by atoms with Gasteiger partial charge >= 0.3 is 0 Å². The van der Waals surface area contributed by atoms with Crippen LogP contribution < -0.4 is 14.8 Å². The predicted molar refractivity (Wildman–Crippen MR) is 99.1 cm³/mol. The summed E-state index contributed by atoms with van der Waals surface area (Å²) < 4.78 is 11.4. The normalized spacial score (nSPS) is 20.3. The summed E-state index contributed by atoms with van der Waals surface area (Å²) in [6, 6.07) is 6.02. The second kappa shape index (κ2) is 6.51. The Balaban J connectivity index is 1.40. The molecule has 0 spiro atoms. The molecular formula is C21H23N3O3. The summed E-state index contributed by atoms with van der Waals surface area (Å²) in [4.78, 5) is 21.7. The van der Waals surface area contributed by atoms with Gasteiger partial charge in [-0.15, -0.1) is 0 Å². The molecule has 2 heterocycles. The third-order valence-electron chi connectivity index (χ3n) is 5.78. The van der Waals surface area contributed by atoms with E-state index in [2.05, 4.69) is 15.3 Å². The van der Waals surface area contributed by atoms with Gasteiger partial charge < -0.3 is 14.8 Å². The van der Waals surface area contributed by atoms with Crippen LogP contribution in [0.2, 0.25) is 0 Å². The summed E-state index contributed by atoms with van der Waals surface area (Å²) in [5.74, 6) is 2.76. The number of benzene rings is 1. The molecule has 1 amide bonds. The summed E-state index contributed by atoms with van der Waals surface area (Å²) in [5.41, 5.74) is 1.22. The summed E-state index contributed by atoms with van der Waals surface area (Å²) >= 11 is 0. The van der Waals surface area contributed by atoms with Gasteiger partial charge in [0.25, 0.3) is 5.91 Å². The number of carbonyl (C=O) groups excluding carboxylic acids is 1. The Morgan fingerprint density at radius 2 is 1.74 bits per heavy atom. The van der Waals surface area contributed by atoms with E-state index < -0.39 is 0 Å². The van der Waals surface area contributed by atoms with Crippen LogP contribution in [0.5, 0.6) is 11.5 Å². The first-order chi connectivity index (χ1) is 13.2. The highest BCUT2D eigenvalue weighted by Gasteiger charge is 2.38. The first kappa shape index (κ1) is 16.5. The van der Waals surface area contributed by atoms with Gasteiger partial charge in [-0.05, 0) is 43.4 Å². The number of fused-ring (bicyclic) bond motifs is 1. The van der Waals surface area contributed by atoms with Crippen molar-refractivity contribution in [1.82, 2.24) is 15.3 Å². The molecule has 0 atom stereocenters. The van der Waals surface area contributed by atoms with E-state index >= 15 is 0 Å². The third-order valence-corrected chi connectivity index (χ3v) is 5.78. The minimum Gasteiger partial charge on any atom is -0.486 e. The lowest BCUT2D eigenvalue weighted by atomic mass is 9.87. The van der Waals surface area contributed by atoms with Crippen LogP contribution in [0, 0.1) is 0 Å². The van der Waals surface area contributed by atoms with Gasteiger partial charge in [0.05, 0.1) is 11.1 Å². The van der Waals surface area contributed by atoms with Crippen molar-refractivity contribution in [3.63, 3.8) is 0 Å². The van der Waals surface area contributed by atoms with Gasteiger partial charge in [-0.1, -0.05) is 18.9 Å². The van der Waals surface area contributed by atoms with E-state index in [9.17, 15) is 4.79 Å². The molecular weight excluding hydrogens is 342 g/mol. The minimum atomic E-state index is -0.373. The molecule has 1 N–H and O–H groups in total. The molecule has 140 valence electrons. The zero-order chi connectivity index (χ0) is 18.3. The van der Waals surface area contributed by atoms with E-state index in [0.717, 1.165) is 61.4 Å². The lowest BCUT2D eigenvalue weighted by Crippen LogP contribution is -2.44. The first-order valence-corrected chi connectivity index (χ1v) is 9.78. The summed E-state index contributed by atoms with van der Waals surface area (Å²) in [7, 11) is 0. The fourth-order valence-corrected chi connectivity index (χ4v) is 4.10. The van der Waals surface area contributed by atoms with E-state index in [1.54, 1.807) is 12.4 Å². The van der Waals surface area contributed by atoms with Gasteiger partial charge in [0.2, 0.25) is 0 Å². The van der Waals surface area contributed by atoms with Crippen molar-refractivity contribution in [1.29, 1.82) is 0 Å². The van der Waals surface area contributed by atoms with Crippen molar-refractivity contribution < 1.29 is 14.3 Å². The Morgan fingerprint density at radius 3 is 2.44 bits per heavy atom. The fourth-order valence-electron chi connectivity index (χ4n) is 4.10. The van der Waals surface area contributed by atoms with Crippen LogP contribution >= 0.6 is 0 Å². The molecule has 0 bridgehead atoms. The molecule has 2 fully saturated rings. The summed E-state index contributed by atoms with van der Waals surface area (Å²) in [6.07, 6.45) is 9.62. The van der Waals surface area contributed by atoms with Crippen LogP contribution in [-0.4, -0.2) is 29.1 Å². The van der Waals surface area contributed by atoms with Crippen LogP contribution in [0.25, 0.3) is 0 Å². The number of aromatic nitrogens is 2. The van der Waals surface area contributed by atoms with Gasteiger partial charge in [0.15, 0.2) is 11.5 Å². The molecule has 0 unspecified atom stereocenters. The summed E-state index contributed by atoms with van der Waals surface area (Å²) in [5, 5.41) is 3.28. The second-order valence-corrected chi connectivity index (χ2v) is 7.71. The molecule has 2 saturated carbocycles. The molecule has 1 aromatic carbocycles. The van der Waals surface area contributed by atoms with Gasteiger partial charge in [0.1, 0.15) is 19.0 Å². The van der Waals surface area contributed by atoms with Crippen molar-refractivity contribution in [3.05, 3.63) is 47.5 Å². The Morgan fingerprint density at radius 1 is 1.04 bits per heavy atom. The Hall–Kier alpha value is -2.63. The smallest absolute Gasteiger partial charge is 0.255 e. The molecule has 2 aromatic rings. The molecule has 27 heavy (non-hydrogen) atoms. The highest BCUT2D eigenvalue weighted by atomic mass is 16.6. The molecule has 6 heteroatoms. The number of hydrogen-bond acceptors (Lipinski definition) is 5. The second-order valence-electron chi connectivity index (χ2n) is 7.71. The largest absolute Gasteiger partial charge is 0.486 e. The lowest BCUT2D eigenvalue weighted by Gasteiger charge is -2.32. The lowest BCUT2D eigenvalue weighted by molar-refractivity contribution is 0.0897. The number of carbonyl (C=O) groups is 1.